The van der Waals surface area contributed by atoms with E-state index in [0.29, 0.717) is 30.5 Å². The fourth-order valence-electron chi connectivity index (χ4n) is 3.23. The molecule has 0 saturated carbocycles. The van der Waals surface area contributed by atoms with Crippen LogP contribution in [0.15, 0.2) is 33.6 Å². The number of hydrogen-bond donors (Lipinski definition) is 1. The fourth-order valence-corrected chi connectivity index (χ4v) is 4.82. The van der Waals surface area contributed by atoms with Crippen LogP contribution in [0.25, 0.3) is 11.5 Å². The van der Waals surface area contributed by atoms with Crippen LogP contribution in [0.2, 0.25) is 0 Å². The normalized spacial score (nSPS) is 19.1. The molecule has 3 rings (SSSR count). The number of benzene rings is 1. The van der Waals surface area contributed by atoms with Crippen molar-refractivity contribution in [3.05, 3.63) is 30.0 Å². The van der Waals surface area contributed by atoms with Crippen molar-refractivity contribution in [3.8, 4) is 17.5 Å². The summed E-state index contributed by atoms with van der Waals surface area (Å²) in [7, 11) is -3.50. The number of piperidine rings is 1. The number of oxazole rings is 1. The van der Waals surface area contributed by atoms with Crippen LogP contribution in [0.5, 0.6) is 0 Å². The second-order valence-electron chi connectivity index (χ2n) is 7.40. The molecule has 1 aromatic carbocycles. The molecule has 0 bridgehead atoms. The molecule has 1 aliphatic heterocycles. The Morgan fingerprint density at radius 3 is 2.71 bits per heavy atom. The van der Waals surface area contributed by atoms with E-state index in [9.17, 15) is 13.7 Å². The van der Waals surface area contributed by atoms with Crippen LogP contribution in [0.3, 0.4) is 0 Å². The molecule has 150 valence electrons. The van der Waals surface area contributed by atoms with Gasteiger partial charge in [-0.25, -0.2) is 8.42 Å². The molecule has 0 amide bonds. The second kappa shape index (κ2) is 8.33. The summed E-state index contributed by atoms with van der Waals surface area (Å²) in [4.78, 5) is 4.49. The maximum Gasteiger partial charge on any atom is 0.243 e. The lowest BCUT2D eigenvalue weighted by Crippen LogP contribution is -2.39. The van der Waals surface area contributed by atoms with Gasteiger partial charge in [-0.2, -0.15) is 14.6 Å². The minimum absolute atomic E-state index is 0.146. The second-order valence-corrected chi connectivity index (χ2v) is 9.33. The average Bonchev–Trinajstić information content (AvgIpc) is 3.10. The Morgan fingerprint density at radius 2 is 2.11 bits per heavy atom. The monoisotopic (exact) mass is 402 g/mol. The lowest BCUT2D eigenvalue weighted by Gasteiger charge is -2.30. The summed E-state index contributed by atoms with van der Waals surface area (Å²) >= 11 is 0. The van der Waals surface area contributed by atoms with Crippen molar-refractivity contribution >= 4 is 15.9 Å². The first-order valence-corrected chi connectivity index (χ1v) is 11.1. The largest absolute Gasteiger partial charge is 0.419 e. The average molecular weight is 403 g/mol. The van der Waals surface area contributed by atoms with E-state index in [1.807, 2.05) is 19.9 Å². The Balaban J connectivity index is 1.84. The summed E-state index contributed by atoms with van der Waals surface area (Å²) in [5.74, 6) is 1.000. The number of rotatable bonds is 6. The van der Waals surface area contributed by atoms with Crippen LogP contribution in [0.1, 0.15) is 45.7 Å². The van der Waals surface area contributed by atoms with Crippen LogP contribution in [0, 0.1) is 17.2 Å². The summed E-state index contributed by atoms with van der Waals surface area (Å²) in [6.45, 7) is 7.21. The molecular formula is C20H26N4O3S. The molecule has 2 aromatic rings. The first kappa shape index (κ1) is 20.4. The summed E-state index contributed by atoms with van der Waals surface area (Å²) in [6, 6.07) is 8.65. The molecule has 1 aromatic heterocycles. The molecule has 1 N–H and O–H groups in total. The van der Waals surface area contributed by atoms with Crippen molar-refractivity contribution in [2.45, 2.75) is 51.0 Å². The van der Waals surface area contributed by atoms with E-state index >= 15 is 0 Å². The Kier molecular flexibility index (Phi) is 6.06. The first-order valence-electron chi connectivity index (χ1n) is 9.63. The number of nitrogens with zero attached hydrogens (tertiary/aromatic N) is 3. The maximum absolute atomic E-state index is 12.9. The number of anilines is 1. The lowest BCUT2D eigenvalue weighted by atomic mass is 10.0. The summed E-state index contributed by atoms with van der Waals surface area (Å²) < 4.78 is 33.0. The van der Waals surface area contributed by atoms with Gasteiger partial charge in [0.25, 0.3) is 0 Å². The van der Waals surface area contributed by atoms with Gasteiger partial charge in [0, 0.05) is 24.7 Å². The van der Waals surface area contributed by atoms with Gasteiger partial charge in [-0.15, -0.1) is 0 Å². The van der Waals surface area contributed by atoms with E-state index in [2.05, 4.69) is 17.2 Å². The summed E-state index contributed by atoms with van der Waals surface area (Å²) in [5, 5.41) is 12.4. The van der Waals surface area contributed by atoms with E-state index < -0.39 is 10.0 Å². The Hall–Kier alpha value is -2.37. The third-order valence-corrected chi connectivity index (χ3v) is 6.96. The van der Waals surface area contributed by atoms with Crippen LogP contribution >= 0.6 is 0 Å². The van der Waals surface area contributed by atoms with Gasteiger partial charge in [0.1, 0.15) is 6.07 Å². The van der Waals surface area contributed by atoms with Gasteiger partial charge in [0.2, 0.25) is 27.5 Å². The molecular weight excluding hydrogens is 376 g/mol. The Morgan fingerprint density at radius 1 is 1.39 bits per heavy atom. The molecule has 1 saturated heterocycles. The van der Waals surface area contributed by atoms with Crippen LogP contribution < -0.4 is 5.32 Å². The molecule has 8 heteroatoms. The summed E-state index contributed by atoms with van der Waals surface area (Å²) in [5.41, 5.74) is 0.814. The predicted octanol–water partition coefficient (Wildman–Crippen LogP) is 3.84. The highest BCUT2D eigenvalue weighted by molar-refractivity contribution is 7.89. The minimum atomic E-state index is -3.50. The van der Waals surface area contributed by atoms with Crippen LogP contribution in [-0.2, 0) is 10.0 Å². The molecule has 28 heavy (non-hydrogen) atoms. The van der Waals surface area contributed by atoms with Gasteiger partial charge in [-0.1, -0.05) is 13.8 Å². The van der Waals surface area contributed by atoms with E-state index in [4.69, 9.17) is 4.42 Å². The molecule has 0 spiro atoms. The predicted molar refractivity (Wildman–Crippen MR) is 107 cm³/mol. The number of sulfonamides is 1. The lowest BCUT2D eigenvalue weighted by molar-refractivity contribution is 0.281. The number of aromatic nitrogens is 1. The molecule has 0 unspecified atom stereocenters. The van der Waals surface area contributed by atoms with Gasteiger partial charge >= 0.3 is 0 Å². The molecule has 2 atom stereocenters. The number of nitrogens with one attached hydrogen (secondary N) is 1. The number of hydrogen-bond acceptors (Lipinski definition) is 6. The van der Waals surface area contributed by atoms with Crippen molar-refractivity contribution in [2.75, 3.05) is 18.4 Å². The van der Waals surface area contributed by atoms with Crippen molar-refractivity contribution in [3.63, 3.8) is 0 Å². The van der Waals surface area contributed by atoms with Crippen LogP contribution in [0.4, 0.5) is 5.88 Å². The van der Waals surface area contributed by atoms with Crippen molar-refractivity contribution < 1.29 is 12.8 Å². The number of nitriles is 1. The van der Waals surface area contributed by atoms with Crippen molar-refractivity contribution in [2.24, 2.45) is 5.92 Å². The minimum Gasteiger partial charge on any atom is -0.419 e. The Labute approximate surface area is 166 Å². The van der Waals surface area contributed by atoms with Crippen molar-refractivity contribution in [1.82, 2.24) is 9.29 Å². The van der Waals surface area contributed by atoms with Gasteiger partial charge in [0.15, 0.2) is 0 Å². The molecule has 2 heterocycles. The molecule has 0 radical (unpaired) electrons. The standard InChI is InChI=1S/C20H26N4O3S/c1-4-15(3)22-20-18(12-21)23-19(27-20)16-7-9-17(10-8-16)28(25,26)24-11-5-6-14(2)13-24/h7-10,14-15,22H,4-6,11,13H2,1-3H3/t14-,15+/m1/s1. The SMILES string of the molecule is CC[C@H](C)Nc1oc(-c2ccc(S(=O)(=O)N3CCC[C@@H](C)C3)cc2)nc1C#N. The van der Waals surface area contributed by atoms with Gasteiger partial charge in [0.05, 0.1) is 4.90 Å². The topological polar surface area (TPSA) is 99.2 Å². The zero-order valence-corrected chi connectivity index (χ0v) is 17.3. The smallest absolute Gasteiger partial charge is 0.243 e. The quantitative estimate of drug-likeness (QED) is 0.788. The van der Waals surface area contributed by atoms with E-state index in [-0.39, 0.29) is 22.5 Å². The zero-order chi connectivity index (χ0) is 20.3. The third-order valence-electron chi connectivity index (χ3n) is 5.08. The van der Waals surface area contributed by atoms with E-state index in [1.165, 1.54) is 0 Å². The summed E-state index contributed by atoms with van der Waals surface area (Å²) in [6.07, 6.45) is 2.82. The first-order chi connectivity index (χ1) is 13.3. The highest BCUT2D eigenvalue weighted by atomic mass is 32.2. The fraction of sp³-hybridized carbons (Fsp3) is 0.500. The maximum atomic E-state index is 12.9. The van der Waals surface area contributed by atoms with E-state index in [0.717, 1.165) is 19.3 Å². The van der Waals surface area contributed by atoms with Gasteiger partial charge in [-0.3, -0.25) is 0 Å². The zero-order valence-electron chi connectivity index (χ0n) is 16.5. The van der Waals surface area contributed by atoms with Gasteiger partial charge in [-0.05, 0) is 56.4 Å². The van der Waals surface area contributed by atoms with Crippen molar-refractivity contribution in [1.29, 1.82) is 5.26 Å². The highest BCUT2D eigenvalue weighted by Crippen LogP contribution is 2.28. The third kappa shape index (κ3) is 4.21. The Bertz CT molecular complexity index is 960. The molecule has 1 aliphatic rings. The highest BCUT2D eigenvalue weighted by Gasteiger charge is 2.28. The molecule has 0 aliphatic carbocycles. The molecule has 7 nitrogen and oxygen atoms in total. The van der Waals surface area contributed by atoms with Crippen LogP contribution in [-0.4, -0.2) is 36.8 Å². The van der Waals surface area contributed by atoms with E-state index in [1.54, 1.807) is 28.6 Å². The molecule has 1 fully saturated rings. The van der Waals surface area contributed by atoms with Gasteiger partial charge < -0.3 is 9.73 Å².